The molecule has 0 heterocycles. The van der Waals surface area contributed by atoms with E-state index >= 15 is 0 Å². The topological polar surface area (TPSA) is 72.2 Å². The van der Waals surface area contributed by atoms with Crippen LogP contribution in [0.5, 0.6) is 0 Å². The fraction of sp³-hybridized carbons (Fsp3) is 0.0769. The maximum Gasteiger partial charge on any atom is 0.263 e. The summed E-state index contributed by atoms with van der Waals surface area (Å²) < 4.78 is 40.6. The molecular weight excluding hydrogens is 347 g/mol. The SMILES string of the molecule is Cc1ccc(NS(=O)(=O)c2cc(N)ccc2Br)cc1F. The first-order valence-electron chi connectivity index (χ1n) is 5.63. The van der Waals surface area contributed by atoms with Gasteiger partial charge < -0.3 is 5.73 Å². The van der Waals surface area contributed by atoms with Crippen LogP contribution in [0.15, 0.2) is 45.8 Å². The van der Waals surface area contributed by atoms with Crippen LogP contribution in [0.4, 0.5) is 15.8 Å². The van der Waals surface area contributed by atoms with Crippen molar-refractivity contribution in [2.75, 3.05) is 10.5 Å². The smallest absolute Gasteiger partial charge is 0.263 e. The van der Waals surface area contributed by atoms with Gasteiger partial charge in [-0.3, -0.25) is 4.72 Å². The Morgan fingerprint density at radius 2 is 1.90 bits per heavy atom. The first-order valence-corrected chi connectivity index (χ1v) is 7.91. The monoisotopic (exact) mass is 358 g/mol. The number of hydrogen-bond acceptors (Lipinski definition) is 3. The number of halogens is 2. The minimum atomic E-state index is -3.84. The number of sulfonamides is 1. The zero-order valence-electron chi connectivity index (χ0n) is 10.5. The fourth-order valence-corrected chi connectivity index (χ4v) is 3.64. The lowest BCUT2D eigenvalue weighted by Crippen LogP contribution is -2.14. The standard InChI is InChI=1S/C13H12BrFN2O2S/c1-8-2-4-10(7-12(8)15)17-20(18,19)13-6-9(16)3-5-11(13)14/h2-7,17H,16H2,1H3. The predicted molar refractivity (Wildman–Crippen MR) is 80.5 cm³/mol. The number of anilines is 2. The van der Waals surface area contributed by atoms with Crippen LogP contribution >= 0.6 is 15.9 Å². The van der Waals surface area contributed by atoms with Gasteiger partial charge in [0.25, 0.3) is 10.0 Å². The van der Waals surface area contributed by atoms with E-state index in [1.54, 1.807) is 19.1 Å². The third-order valence-electron chi connectivity index (χ3n) is 2.67. The van der Waals surface area contributed by atoms with Gasteiger partial charge >= 0.3 is 0 Å². The van der Waals surface area contributed by atoms with Gasteiger partial charge in [0.05, 0.1) is 5.69 Å². The van der Waals surface area contributed by atoms with E-state index in [1.807, 2.05) is 0 Å². The molecule has 0 radical (unpaired) electrons. The Hall–Kier alpha value is -1.60. The third kappa shape index (κ3) is 3.10. The van der Waals surface area contributed by atoms with Crippen molar-refractivity contribution < 1.29 is 12.8 Å². The first-order chi connectivity index (χ1) is 9.29. The van der Waals surface area contributed by atoms with Gasteiger partial charge in [0.1, 0.15) is 10.7 Å². The van der Waals surface area contributed by atoms with Gasteiger partial charge in [-0.1, -0.05) is 6.07 Å². The summed E-state index contributed by atoms with van der Waals surface area (Å²) >= 11 is 3.16. The summed E-state index contributed by atoms with van der Waals surface area (Å²) in [6.45, 7) is 1.60. The van der Waals surface area contributed by atoms with Crippen molar-refractivity contribution in [3.63, 3.8) is 0 Å². The zero-order valence-corrected chi connectivity index (χ0v) is 12.9. The number of nitrogen functional groups attached to an aromatic ring is 1. The average molecular weight is 359 g/mol. The van der Waals surface area contributed by atoms with Gasteiger partial charge in [-0.15, -0.1) is 0 Å². The summed E-state index contributed by atoms with van der Waals surface area (Å²) in [5.41, 5.74) is 6.51. The van der Waals surface area contributed by atoms with Crippen molar-refractivity contribution in [2.24, 2.45) is 0 Å². The molecule has 0 aliphatic carbocycles. The molecule has 0 atom stereocenters. The second kappa shape index (κ2) is 5.41. The van der Waals surface area contributed by atoms with Crippen LogP contribution in [0.25, 0.3) is 0 Å². The quantitative estimate of drug-likeness (QED) is 0.827. The van der Waals surface area contributed by atoms with E-state index in [2.05, 4.69) is 20.7 Å². The van der Waals surface area contributed by atoms with Crippen molar-refractivity contribution in [1.29, 1.82) is 0 Å². The van der Waals surface area contributed by atoms with Gasteiger partial charge in [-0.2, -0.15) is 0 Å². The highest BCUT2D eigenvalue weighted by molar-refractivity contribution is 9.10. The van der Waals surface area contributed by atoms with Crippen molar-refractivity contribution in [2.45, 2.75) is 11.8 Å². The minimum absolute atomic E-state index is 0.00140. The number of rotatable bonds is 3. The Morgan fingerprint density at radius 3 is 2.55 bits per heavy atom. The van der Waals surface area contributed by atoms with E-state index < -0.39 is 15.8 Å². The van der Waals surface area contributed by atoms with E-state index in [4.69, 9.17) is 5.73 Å². The Balaban J connectivity index is 2.40. The van der Waals surface area contributed by atoms with E-state index in [9.17, 15) is 12.8 Å². The molecule has 4 nitrogen and oxygen atoms in total. The minimum Gasteiger partial charge on any atom is -0.399 e. The highest BCUT2D eigenvalue weighted by Gasteiger charge is 2.18. The average Bonchev–Trinajstić information content (AvgIpc) is 2.36. The molecule has 2 rings (SSSR count). The Morgan fingerprint density at radius 1 is 1.20 bits per heavy atom. The second-order valence-electron chi connectivity index (χ2n) is 4.26. The van der Waals surface area contributed by atoms with Gasteiger partial charge in [0.2, 0.25) is 0 Å². The molecule has 0 amide bonds. The van der Waals surface area contributed by atoms with Crippen LogP contribution in [0, 0.1) is 12.7 Å². The lowest BCUT2D eigenvalue weighted by molar-refractivity contribution is 0.600. The van der Waals surface area contributed by atoms with Gasteiger partial charge in [0.15, 0.2) is 0 Å². The Labute approximate surface area is 125 Å². The molecule has 0 aliphatic rings. The summed E-state index contributed by atoms with van der Waals surface area (Å²) in [6, 6.07) is 8.58. The highest BCUT2D eigenvalue weighted by atomic mass is 79.9. The van der Waals surface area contributed by atoms with E-state index in [1.165, 1.54) is 18.2 Å². The Bertz CT molecular complexity index is 763. The van der Waals surface area contributed by atoms with Gasteiger partial charge in [0, 0.05) is 10.2 Å². The molecule has 0 aromatic heterocycles. The summed E-state index contributed by atoms with van der Waals surface area (Å²) in [6.07, 6.45) is 0. The molecule has 0 unspecified atom stereocenters. The number of nitrogens with two attached hydrogens (primary N) is 1. The summed E-state index contributed by atoms with van der Waals surface area (Å²) in [5.74, 6) is -0.475. The molecule has 0 spiro atoms. The van der Waals surface area contributed by atoms with E-state index in [-0.39, 0.29) is 10.6 Å². The van der Waals surface area contributed by atoms with Crippen molar-refractivity contribution >= 4 is 37.3 Å². The normalized spacial score (nSPS) is 11.3. The lowest BCUT2D eigenvalue weighted by Gasteiger charge is -2.11. The molecule has 0 bridgehead atoms. The number of nitrogens with one attached hydrogen (secondary N) is 1. The van der Waals surface area contributed by atoms with Crippen LogP contribution in [0.1, 0.15) is 5.56 Å². The molecular formula is C13H12BrFN2O2S. The second-order valence-corrected chi connectivity index (χ2v) is 6.76. The number of hydrogen-bond donors (Lipinski definition) is 2. The van der Waals surface area contributed by atoms with Crippen molar-refractivity contribution in [3.05, 3.63) is 52.3 Å². The molecule has 0 aliphatic heterocycles. The van der Waals surface area contributed by atoms with Crippen molar-refractivity contribution in [3.8, 4) is 0 Å². The van der Waals surface area contributed by atoms with Crippen LogP contribution < -0.4 is 10.5 Å². The molecule has 7 heteroatoms. The predicted octanol–water partition coefficient (Wildman–Crippen LogP) is 3.28. The maximum absolute atomic E-state index is 13.4. The lowest BCUT2D eigenvalue weighted by atomic mass is 10.2. The molecule has 106 valence electrons. The van der Waals surface area contributed by atoms with Gasteiger partial charge in [-0.25, -0.2) is 12.8 Å². The van der Waals surface area contributed by atoms with E-state index in [0.29, 0.717) is 15.7 Å². The molecule has 3 N–H and O–H groups in total. The van der Waals surface area contributed by atoms with Crippen LogP contribution in [-0.2, 0) is 10.0 Å². The summed E-state index contributed by atoms with van der Waals surface area (Å²) in [7, 11) is -3.84. The number of benzene rings is 2. The molecule has 0 fully saturated rings. The molecule has 0 saturated carbocycles. The fourth-order valence-electron chi connectivity index (χ4n) is 1.59. The van der Waals surface area contributed by atoms with Crippen LogP contribution in [0.3, 0.4) is 0 Å². The molecule has 2 aromatic rings. The van der Waals surface area contributed by atoms with Gasteiger partial charge in [-0.05, 0) is 58.7 Å². The zero-order chi connectivity index (χ0) is 14.9. The first kappa shape index (κ1) is 14.8. The highest BCUT2D eigenvalue weighted by Crippen LogP contribution is 2.26. The Kier molecular flexibility index (Phi) is 4.01. The van der Waals surface area contributed by atoms with Crippen molar-refractivity contribution in [1.82, 2.24) is 0 Å². The summed E-state index contributed by atoms with van der Waals surface area (Å²) in [4.78, 5) is -0.00140. The van der Waals surface area contributed by atoms with Crippen LogP contribution in [-0.4, -0.2) is 8.42 Å². The van der Waals surface area contributed by atoms with Crippen LogP contribution in [0.2, 0.25) is 0 Å². The maximum atomic E-state index is 13.4. The molecule has 2 aromatic carbocycles. The summed E-state index contributed by atoms with van der Waals surface area (Å²) in [5, 5.41) is 0. The third-order valence-corrected chi connectivity index (χ3v) is 5.04. The molecule has 0 saturated heterocycles. The number of aryl methyl sites for hydroxylation is 1. The molecule has 20 heavy (non-hydrogen) atoms. The van der Waals surface area contributed by atoms with E-state index in [0.717, 1.165) is 6.07 Å². The largest absolute Gasteiger partial charge is 0.399 e.